The molecule has 1 N–H and O–H groups in total. The summed E-state index contributed by atoms with van der Waals surface area (Å²) >= 11 is 6.21. The zero-order valence-corrected chi connectivity index (χ0v) is 13.4. The topological polar surface area (TPSA) is 55.8 Å². The third kappa shape index (κ3) is 4.97. The molecule has 5 heteroatoms. The predicted molar refractivity (Wildman–Crippen MR) is 84.3 cm³/mol. The molecule has 1 aromatic rings. The first-order chi connectivity index (χ1) is 10.0. The first kappa shape index (κ1) is 17.4. The van der Waals surface area contributed by atoms with Crippen LogP contribution >= 0.6 is 11.6 Å². The number of ether oxygens (including phenoxy) is 2. The second kappa shape index (κ2) is 8.57. The molecule has 0 aromatic heterocycles. The Labute approximate surface area is 130 Å². The van der Waals surface area contributed by atoms with Gasteiger partial charge in [0.2, 0.25) is 0 Å². The highest BCUT2D eigenvalue weighted by molar-refractivity contribution is 6.32. The van der Waals surface area contributed by atoms with Crippen LogP contribution in [0.3, 0.4) is 0 Å². The van der Waals surface area contributed by atoms with Crippen molar-refractivity contribution in [3.63, 3.8) is 0 Å². The van der Waals surface area contributed by atoms with Crippen LogP contribution in [-0.4, -0.2) is 24.3 Å². The fourth-order valence-electron chi connectivity index (χ4n) is 2.03. The van der Waals surface area contributed by atoms with Crippen LogP contribution in [0.2, 0.25) is 5.02 Å². The molecule has 1 rings (SSSR count). The summed E-state index contributed by atoms with van der Waals surface area (Å²) < 4.78 is 11.1. The van der Waals surface area contributed by atoms with Gasteiger partial charge in [-0.1, -0.05) is 24.9 Å². The highest BCUT2D eigenvalue weighted by Crippen LogP contribution is 2.37. The summed E-state index contributed by atoms with van der Waals surface area (Å²) in [5.41, 5.74) is 1.40. The van der Waals surface area contributed by atoms with Crippen molar-refractivity contribution in [1.82, 2.24) is 0 Å². The molecule has 0 aliphatic carbocycles. The van der Waals surface area contributed by atoms with Gasteiger partial charge < -0.3 is 14.6 Å². The Hall–Kier alpha value is -1.68. The van der Waals surface area contributed by atoms with Gasteiger partial charge in [0.1, 0.15) is 11.5 Å². The van der Waals surface area contributed by atoms with Gasteiger partial charge in [-0.05, 0) is 31.9 Å². The SMILES string of the molecule is CCC/C(=C\C(=O)O)c1cc(Cl)c(OCC)cc1OCC. The van der Waals surface area contributed by atoms with Crippen molar-refractivity contribution in [3.8, 4) is 11.5 Å². The van der Waals surface area contributed by atoms with Gasteiger partial charge in [0, 0.05) is 17.7 Å². The quantitative estimate of drug-likeness (QED) is 0.723. The number of rotatable bonds is 8. The molecule has 0 bridgehead atoms. The number of hydrogen-bond donors (Lipinski definition) is 1. The average molecular weight is 313 g/mol. The van der Waals surface area contributed by atoms with Crippen LogP contribution in [0, 0.1) is 0 Å². The van der Waals surface area contributed by atoms with E-state index in [9.17, 15) is 4.79 Å². The molecular formula is C16H21ClO4. The van der Waals surface area contributed by atoms with E-state index in [4.69, 9.17) is 26.2 Å². The summed E-state index contributed by atoms with van der Waals surface area (Å²) in [6, 6.07) is 3.43. The third-order valence-electron chi connectivity index (χ3n) is 2.80. The summed E-state index contributed by atoms with van der Waals surface area (Å²) in [5.74, 6) is 0.148. The molecule has 0 fully saturated rings. The minimum absolute atomic E-state index is 0.447. The zero-order chi connectivity index (χ0) is 15.8. The van der Waals surface area contributed by atoms with E-state index in [1.807, 2.05) is 20.8 Å². The van der Waals surface area contributed by atoms with Crippen LogP contribution in [0.15, 0.2) is 18.2 Å². The molecule has 0 unspecified atom stereocenters. The number of allylic oxidation sites excluding steroid dienone is 1. The molecule has 21 heavy (non-hydrogen) atoms. The smallest absolute Gasteiger partial charge is 0.328 e. The van der Waals surface area contributed by atoms with Crippen molar-refractivity contribution in [1.29, 1.82) is 0 Å². The molecule has 4 nitrogen and oxygen atoms in total. The molecular weight excluding hydrogens is 292 g/mol. The molecule has 0 spiro atoms. The number of carboxylic acids is 1. The van der Waals surface area contributed by atoms with E-state index in [0.29, 0.717) is 47.3 Å². The van der Waals surface area contributed by atoms with Crippen molar-refractivity contribution in [2.75, 3.05) is 13.2 Å². The van der Waals surface area contributed by atoms with E-state index in [1.54, 1.807) is 12.1 Å². The van der Waals surface area contributed by atoms with E-state index in [1.165, 1.54) is 6.08 Å². The van der Waals surface area contributed by atoms with Crippen molar-refractivity contribution in [3.05, 3.63) is 28.8 Å². The number of aliphatic carboxylic acids is 1. The molecule has 0 radical (unpaired) electrons. The molecule has 0 aliphatic rings. The van der Waals surface area contributed by atoms with Crippen LogP contribution in [0.5, 0.6) is 11.5 Å². The Morgan fingerprint density at radius 1 is 1.19 bits per heavy atom. The second-order valence-corrected chi connectivity index (χ2v) is 4.81. The van der Waals surface area contributed by atoms with Gasteiger partial charge in [0.25, 0.3) is 0 Å². The molecule has 0 atom stereocenters. The molecule has 1 aromatic carbocycles. The number of benzene rings is 1. The standard InChI is InChI=1S/C16H21ClO4/c1-4-7-11(8-16(18)19)12-9-13(17)15(21-6-3)10-14(12)20-5-2/h8-10H,4-7H2,1-3H3,(H,18,19)/b11-8+. The Kier molecular flexibility index (Phi) is 7.09. The average Bonchev–Trinajstić information content (AvgIpc) is 2.42. The van der Waals surface area contributed by atoms with Crippen molar-refractivity contribution in [2.24, 2.45) is 0 Å². The molecule has 0 heterocycles. The second-order valence-electron chi connectivity index (χ2n) is 4.40. The highest BCUT2D eigenvalue weighted by Gasteiger charge is 2.15. The maximum absolute atomic E-state index is 11.0. The summed E-state index contributed by atoms with van der Waals surface area (Å²) in [7, 11) is 0. The summed E-state index contributed by atoms with van der Waals surface area (Å²) in [6.45, 7) is 6.72. The van der Waals surface area contributed by atoms with Crippen molar-refractivity contribution >= 4 is 23.1 Å². The van der Waals surface area contributed by atoms with E-state index in [-0.39, 0.29) is 0 Å². The highest BCUT2D eigenvalue weighted by atomic mass is 35.5. The van der Waals surface area contributed by atoms with Crippen LogP contribution < -0.4 is 9.47 Å². The number of hydrogen-bond acceptors (Lipinski definition) is 3. The minimum atomic E-state index is -0.981. The normalized spacial score (nSPS) is 11.3. The van der Waals surface area contributed by atoms with E-state index < -0.39 is 5.97 Å². The maximum Gasteiger partial charge on any atom is 0.328 e. The minimum Gasteiger partial charge on any atom is -0.493 e. The van der Waals surface area contributed by atoms with Gasteiger partial charge in [-0.3, -0.25) is 0 Å². The van der Waals surface area contributed by atoms with Crippen LogP contribution in [0.4, 0.5) is 0 Å². The monoisotopic (exact) mass is 312 g/mol. The summed E-state index contributed by atoms with van der Waals surface area (Å²) in [5, 5.41) is 9.47. The fourth-order valence-corrected chi connectivity index (χ4v) is 2.25. The summed E-state index contributed by atoms with van der Waals surface area (Å²) in [4.78, 5) is 11.0. The lowest BCUT2D eigenvalue weighted by Gasteiger charge is -2.16. The Balaban J connectivity index is 3.36. The van der Waals surface area contributed by atoms with Gasteiger partial charge in [0.05, 0.1) is 18.2 Å². The Morgan fingerprint density at radius 3 is 2.33 bits per heavy atom. The summed E-state index contributed by atoms with van der Waals surface area (Å²) in [6.07, 6.45) is 2.67. The fraction of sp³-hybridized carbons (Fsp3) is 0.438. The Morgan fingerprint density at radius 2 is 1.81 bits per heavy atom. The third-order valence-corrected chi connectivity index (χ3v) is 3.09. The molecule has 0 saturated carbocycles. The molecule has 116 valence electrons. The lowest BCUT2D eigenvalue weighted by molar-refractivity contribution is -0.131. The van der Waals surface area contributed by atoms with Gasteiger partial charge in [-0.2, -0.15) is 0 Å². The number of halogens is 1. The van der Waals surface area contributed by atoms with Gasteiger partial charge in [0.15, 0.2) is 0 Å². The predicted octanol–water partition coefficient (Wildman–Crippen LogP) is 4.41. The lowest BCUT2D eigenvalue weighted by Crippen LogP contribution is -2.01. The van der Waals surface area contributed by atoms with E-state index in [2.05, 4.69) is 0 Å². The zero-order valence-electron chi connectivity index (χ0n) is 12.6. The maximum atomic E-state index is 11.0. The Bertz CT molecular complexity index is 523. The van der Waals surface area contributed by atoms with E-state index in [0.717, 1.165) is 6.42 Å². The molecule has 0 amide bonds. The first-order valence-electron chi connectivity index (χ1n) is 7.06. The molecule has 0 aliphatic heterocycles. The largest absolute Gasteiger partial charge is 0.493 e. The van der Waals surface area contributed by atoms with Crippen molar-refractivity contribution < 1.29 is 19.4 Å². The van der Waals surface area contributed by atoms with Crippen LogP contribution in [0.1, 0.15) is 39.2 Å². The van der Waals surface area contributed by atoms with Crippen LogP contribution in [-0.2, 0) is 4.79 Å². The first-order valence-corrected chi connectivity index (χ1v) is 7.44. The van der Waals surface area contributed by atoms with Gasteiger partial charge in [-0.15, -0.1) is 0 Å². The molecule has 0 saturated heterocycles. The van der Waals surface area contributed by atoms with Crippen LogP contribution in [0.25, 0.3) is 5.57 Å². The number of carbonyl (C=O) groups is 1. The van der Waals surface area contributed by atoms with Gasteiger partial charge in [-0.25, -0.2) is 4.79 Å². The van der Waals surface area contributed by atoms with Crippen molar-refractivity contribution in [2.45, 2.75) is 33.6 Å². The number of carboxylic acid groups (broad SMARTS) is 1. The lowest BCUT2D eigenvalue weighted by atomic mass is 9.99. The van der Waals surface area contributed by atoms with E-state index >= 15 is 0 Å². The van der Waals surface area contributed by atoms with Gasteiger partial charge >= 0.3 is 5.97 Å².